The predicted molar refractivity (Wildman–Crippen MR) is 103 cm³/mol. The Bertz CT molecular complexity index is 956. The van der Waals surface area contributed by atoms with Crippen molar-refractivity contribution < 1.29 is 19.0 Å². The predicted octanol–water partition coefficient (Wildman–Crippen LogP) is 4.19. The van der Waals surface area contributed by atoms with Crippen LogP contribution < -0.4 is 19.5 Å². The van der Waals surface area contributed by atoms with Crippen molar-refractivity contribution in [3.63, 3.8) is 0 Å². The first kappa shape index (κ1) is 18.0. The van der Waals surface area contributed by atoms with Crippen molar-refractivity contribution in [1.29, 1.82) is 0 Å². The molecule has 0 radical (unpaired) electrons. The molecule has 0 saturated carbocycles. The van der Waals surface area contributed by atoms with Gasteiger partial charge in [0.1, 0.15) is 0 Å². The molecular formula is C19H20N2O4S. The zero-order valence-corrected chi connectivity index (χ0v) is 16.1. The van der Waals surface area contributed by atoms with Gasteiger partial charge in [0.2, 0.25) is 5.75 Å². The van der Waals surface area contributed by atoms with E-state index >= 15 is 0 Å². The van der Waals surface area contributed by atoms with Crippen LogP contribution in [-0.4, -0.2) is 32.2 Å². The number of fused-ring (bicyclic) bond motifs is 1. The summed E-state index contributed by atoms with van der Waals surface area (Å²) in [6.07, 6.45) is 0. The molecule has 0 fully saturated rings. The third-order valence-electron chi connectivity index (χ3n) is 3.97. The van der Waals surface area contributed by atoms with Gasteiger partial charge in [-0.15, -0.1) is 0 Å². The molecule has 0 aliphatic carbocycles. The van der Waals surface area contributed by atoms with E-state index in [1.165, 1.54) is 32.7 Å². The molecule has 1 aromatic heterocycles. The largest absolute Gasteiger partial charge is 0.493 e. The SMILES string of the molecule is COc1cc(C(=O)Nc2nc3cc(C)cc(C)c3s2)cc(OC)c1OC. The summed E-state index contributed by atoms with van der Waals surface area (Å²) in [6, 6.07) is 7.33. The van der Waals surface area contributed by atoms with Crippen LogP contribution >= 0.6 is 11.3 Å². The summed E-state index contributed by atoms with van der Waals surface area (Å²) in [5.41, 5.74) is 3.56. The highest BCUT2D eigenvalue weighted by Gasteiger charge is 2.18. The Morgan fingerprint density at radius 3 is 2.23 bits per heavy atom. The number of hydrogen-bond acceptors (Lipinski definition) is 6. The number of methoxy groups -OCH3 is 3. The smallest absolute Gasteiger partial charge is 0.257 e. The lowest BCUT2D eigenvalue weighted by Gasteiger charge is -2.13. The van der Waals surface area contributed by atoms with E-state index in [-0.39, 0.29) is 5.91 Å². The Morgan fingerprint density at radius 1 is 1.00 bits per heavy atom. The molecule has 1 amide bonds. The zero-order chi connectivity index (χ0) is 18.8. The molecule has 0 spiro atoms. The lowest BCUT2D eigenvalue weighted by molar-refractivity contribution is 0.102. The van der Waals surface area contributed by atoms with E-state index < -0.39 is 0 Å². The molecule has 3 aromatic rings. The summed E-state index contributed by atoms with van der Waals surface area (Å²) >= 11 is 1.45. The Morgan fingerprint density at radius 2 is 1.65 bits per heavy atom. The van der Waals surface area contributed by atoms with Crippen LogP contribution in [0.5, 0.6) is 17.2 Å². The number of nitrogens with one attached hydrogen (secondary N) is 1. The summed E-state index contributed by atoms with van der Waals surface area (Å²) in [4.78, 5) is 17.2. The van der Waals surface area contributed by atoms with E-state index in [1.807, 2.05) is 19.9 Å². The molecule has 7 heteroatoms. The van der Waals surface area contributed by atoms with Gasteiger partial charge in [-0.1, -0.05) is 17.4 Å². The first-order chi connectivity index (χ1) is 12.5. The van der Waals surface area contributed by atoms with Gasteiger partial charge in [0, 0.05) is 5.56 Å². The second-order valence-corrected chi connectivity index (χ2v) is 6.82. The highest BCUT2D eigenvalue weighted by Crippen LogP contribution is 2.38. The van der Waals surface area contributed by atoms with Gasteiger partial charge in [0.15, 0.2) is 16.6 Å². The van der Waals surface area contributed by atoms with Gasteiger partial charge in [-0.25, -0.2) is 4.98 Å². The first-order valence-corrected chi connectivity index (χ1v) is 8.77. The maximum absolute atomic E-state index is 12.7. The van der Waals surface area contributed by atoms with Crippen molar-refractivity contribution in [3.8, 4) is 17.2 Å². The van der Waals surface area contributed by atoms with E-state index in [0.29, 0.717) is 27.9 Å². The monoisotopic (exact) mass is 372 g/mol. The minimum Gasteiger partial charge on any atom is -0.493 e. The average Bonchev–Trinajstić information content (AvgIpc) is 3.02. The Kier molecular flexibility index (Phi) is 4.99. The minimum atomic E-state index is -0.294. The fourth-order valence-electron chi connectivity index (χ4n) is 2.81. The minimum absolute atomic E-state index is 0.294. The number of aromatic nitrogens is 1. The van der Waals surface area contributed by atoms with Crippen molar-refractivity contribution in [2.24, 2.45) is 0 Å². The molecule has 0 saturated heterocycles. The first-order valence-electron chi connectivity index (χ1n) is 7.96. The molecular weight excluding hydrogens is 352 g/mol. The number of rotatable bonds is 5. The molecule has 136 valence electrons. The van der Waals surface area contributed by atoms with Gasteiger partial charge in [-0.3, -0.25) is 10.1 Å². The van der Waals surface area contributed by atoms with Gasteiger partial charge in [0.25, 0.3) is 5.91 Å². The van der Waals surface area contributed by atoms with Crippen LogP contribution in [0.4, 0.5) is 5.13 Å². The third-order valence-corrected chi connectivity index (χ3v) is 5.09. The Labute approximate surface area is 155 Å². The second-order valence-electron chi connectivity index (χ2n) is 5.82. The lowest BCUT2D eigenvalue weighted by atomic mass is 10.1. The summed E-state index contributed by atoms with van der Waals surface area (Å²) in [6.45, 7) is 4.07. The number of amides is 1. The number of hydrogen-bond donors (Lipinski definition) is 1. The van der Waals surface area contributed by atoms with Crippen molar-refractivity contribution >= 4 is 32.6 Å². The molecule has 0 aliphatic rings. The van der Waals surface area contributed by atoms with E-state index in [9.17, 15) is 4.79 Å². The van der Waals surface area contributed by atoms with Crippen molar-refractivity contribution in [2.45, 2.75) is 13.8 Å². The number of carbonyl (C=O) groups excluding carboxylic acids is 1. The second kappa shape index (κ2) is 7.21. The Hall–Kier alpha value is -2.80. The molecule has 1 N–H and O–H groups in total. The molecule has 26 heavy (non-hydrogen) atoms. The average molecular weight is 372 g/mol. The molecule has 0 bridgehead atoms. The number of nitrogens with zero attached hydrogens (tertiary/aromatic N) is 1. The summed E-state index contributed by atoms with van der Waals surface area (Å²) in [5.74, 6) is 0.996. The standard InChI is InChI=1S/C19H20N2O4S/c1-10-6-11(2)17-13(7-10)20-19(26-17)21-18(22)12-8-14(23-3)16(25-5)15(9-12)24-4/h6-9H,1-5H3,(H,20,21,22). The number of anilines is 1. The van der Waals surface area contributed by atoms with Gasteiger partial charge >= 0.3 is 0 Å². The van der Waals surface area contributed by atoms with Crippen LogP contribution in [0, 0.1) is 13.8 Å². The highest BCUT2D eigenvalue weighted by atomic mass is 32.1. The third kappa shape index (κ3) is 3.30. The molecule has 6 nitrogen and oxygen atoms in total. The van der Waals surface area contributed by atoms with Crippen LogP contribution in [0.2, 0.25) is 0 Å². The van der Waals surface area contributed by atoms with Crippen molar-refractivity contribution in [1.82, 2.24) is 4.98 Å². The van der Waals surface area contributed by atoms with Gasteiger partial charge in [0.05, 0.1) is 31.5 Å². The van der Waals surface area contributed by atoms with Gasteiger partial charge < -0.3 is 14.2 Å². The molecule has 1 heterocycles. The zero-order valence-electron chi connectivity index (χ0n) is 15.3. The molecule has 3 rings (SSSR count). The lowest BCUT2D eigenvalue weighted by Crippen LogP contribution is -2.12. The number of thiazole rings is 1. The Balaban J connectivity index is 1.94. The highest BCUT2D eigenvalue weighted by molar-refractivity contribution is 7.22. The fraction of sp³-hybridized carbons (Fsp3) is 0.263. The quantitative estimate of drug-likeness (QED) is 0.727. The van der Waals surface area contributed by atoms with E-state index in [4.69, 9.17) is 14.2 Å². The summed E-state index contributed by atoms with van der Waals surface area (Å²) < 4.78 is 16.9. The van der Waals surface area contributed by atoms with Crippen LogP contribution in [-0.2, 0) is 0 Å². The number of ether oxygens (including phenoxy) is 3. The number of carbonyl (C=O) groups is 1. The summed E-state index contributed by atoms with van der Waals surface area (Å²) in [5, 5.41) is 3.40. The fourth-order valence-corrected chi connectivity index (χ4v) is 3.72. The van der Waals surface area contributed by atoms with Crippen LogP contribution in [0.25, 0.3) is 10.2 Å². The van der Waals surface area contributed by atoms with Crippen LogP contribution in [0.1, 0.15) is 21.5 Å². The van der Waals surface area contributed by atoms with Gasteiger partial charge in [-0.05, 0) is 43.2 Å². The van der Waals surface area contributed by atoms with Crippen LogP contribution in [0.3, 0.4) is 0 Å². The maximum atomic E-state index is 12.7. The van der Waals surface area contributed by atoms with Gasteiger partial charge in [-0.2, -0.15) is 0 Å². The number of benzene rings is 2. The van der Waals surface area contributed by atoms with Crippen LogP contribution in [0.15, 0.2) is 24.3 Å². The normalized spacial score (nSPS) is 10.7. The van der Waals surface area contributed by atoms with E-state index in [0.717, 1.165) is 21.3 Å². The molecule has 0 aliphatic heterocycles. The van der Waals surface area contributed by atoms with E-state index in [2.05, 4.69) is 16.4 Å². The molecule has 2 aromatic carbocycles. The number of aryl methyl sites for hydroxylation is 2. The topological polar surface area (TPSA) is 69.7 Å². The van der Waals surface area contributed by atoms with Crippen molar-refractivity contribution in [2.75, 3.05) is 26.6 Å². The van der Waals surface area contributed by atoms with E-state index in [1.54, 1.807) is 12.1 Å². The van der Waals surface area contributed by atoms with Crippen molar-refractivity contribution in [3.05, 3.63) is 41.0 Å². The molecule has 0 atom stereocenters. The molecule has 0 unspecified atom stereocenters. The maximum Gasteiger partial charge on any atom is 0.257 e. The summed E-state index contributed by atoms with van der Waals surface area (Å²) in [7, 11) is 4.54.